The Morgan fingerprint density at radius 1 is 1.27 bits per heavy atom. The monoisotopic (exact) mass is 353 g/mol. The molecule has 1 aliphatic heterocycles. The SMILES string of the molecule is Cc1cc(=O)oc2cc(NC(=O)c3cc4c(cc3F)COB4O)ccc12. The lowest BCUT2D eigenvalue weighted by molar-refractivity contribution is 0.102. The predicted molar refractivity (Wildman–Crippen MR) is 94.0 cm³/mol. The van der Waals surface area contributed by atoms with E-state index in [2.05, 4.69) is 5.32 Å². The molecule has 0 aliphatic carbocycles. The number of carbonyl (C=O) groups excluding carboxylic acids is 1. The number of aryl methyl sites for hydroxylation is 1. The number of fused-ring (bicyclic) bond motifs is 2. The predicted octanol–water partition coefficient (Wildman–Crippen LogP) is 1.71. The minimum atomic E-state index is -1.17. The van der Waals surface area contributed by atoms with Crippen molar-refractivity contribution in [1.82, 2.24) is 0 Å². The molecule has 4 rings (SSSR count). The molecule has 3 aromatic rings. The Morgan fingerprint density at radius 3 is 2.88 bits per heavy atom. The Balaban J connectivity index is 1.68. The molecular weight excluding hydrogens is 340 g/mol. The van der Waals surface area contributed by atoms with Crippen molar-refractivity contribution in [2.75, 3.05) is 5.32 Å². The third kappa shape index (κ3) is 2.79. The minimum Gasteiger partial charge on any atom is -0.423 e. The van der Waals surface area contributed by atoms with Gasteiger partial charge in [-0.2, -0.15) is 0 Å². The van der Waals surface area contributed by atoms with Gasteiger partial charge in [0.1, 0.15) is 11.4 Å². The van der Waals surface area contributed by atoms with Crippen LogP contribution in [-0.4, -0.2) is 18.0 Å². The van der Waals surface area contributed by atoms with E-state index in [0.29, 0.717) is 22.3 Å². The van der Waals surface area contributed by atoms with Crippen LogP contribution < -0.4 is 16.4 Å². The van der Waals surface area contributed by atoms with Crippen LogP contribution in [0.2, 0.25) is 0 Å². The van der Waals surface area contributed by atoms with E-state index in [0.717, 1.165) is 10.9 Å². The molecule has 1 aliphatic rings. The second-order valence-electron chi connectivity index (χ2n) is 6.11. The molecule has 130 valence electrons. The van der Waals surface area contributed by atoms with Crippen LogP contribution in [0, 0.1) is 12.7 Å². The van der Waals surface area contributed by atoms with Gasteiger partial charge in [-0.15, -0.1) is 0 Å². The van der Waals surface area contributed by atoms with Gasteiger partial charge in [0.25, 0.3) is 5.91 Å². The summed E-state index contributed by atoms with van der Waals surface area (Å²) in [4.78, 5) is 23.9. The van der Waals surface area contributed by atoms with Crippen molar-refractivity contribution in [2.24, 2.45) is 0 Å². The van der Waals surface area contributed by atoms with Crippen molar-refractivity contribution in [3.8, 4) is 0 Å². The lowest BCUT2D eigenvalue weighted by atomic mass is 9.78. The third-order valence-electron chi connectivity index (χ3n) is 4.35. The van der Waals surface area contributed by atoms with Gasteiger partial charge in [-0.3, -0.25) is 4.79 Å². The topological polar surface area (TPSA) is 88.8 Å². The lowest BCUT2D eigenvalue weighted by Gasteiger charge is -2.09. The molecule has 0 radical (unpaired) electrons. The van der Waals surface area contributed by atoms with E-state index in [1.165, 1.54) is 24.3 Å². The maximum absolute atomic E-state index is 14.2. The van der Waals surface area contributed by atoms with Gasteiger partial charge in [-0.25, -0.2) is 9.18 Å². The molecule has 0 saturated heterocycles. The van der Waals surface area contributed by atoms with Crippen LogP contribution in [-0.2, 0) is 11.3 Å². The smallest absolute Gasteiger partial charge is 0.423 e. The van der Waals surface area contributed by atoms with Gasteiger partial charge in [-0.05, 0) is 47.8 Å². The number of rotatable bonds is 2. The molecule has 2 aromatic carbocycles. The van der Waals surface area contributed by atoms with Crippen molar-refractivity contribution in [1.29, 1.82) is 0 Å². The van der Waals surface area contributed by atoms with E-state index in [4.69, 9.17) is 9.07 Å². The fourth-order valence-electron chi connectivity index (χ4n) is 3.02. The van der Waals surface area contributed by atoms with Crippen LogP contribution in [0.4, 0.5) is 10.1 Å². The highest BCUT2D eigenvalue weighted by Crippen LogP contribution is 2.22. The van der Waals surface area contributed by atoms with E-state index in [-0.39, 0.29) is 12.2 Å². The number of carbonyl (C=O) groups is 1. The second-order valence-corrected chi connectivity index (χ2v) is 6.11. The Bertz CT molecular complexity index is 1110. The zero-order valence-corrected chi connectivity index (χ0v) is 13.7. The molecule has 0 saturated carbocycles. The fraction of sp³-hybridized carbons (Fsp3) is 0.111. The quantitative estimate of drug-likeness (QED) is 0.541. The summed E-state index contributed by atoms with van der Waals surface area (Å²) in [6.45, 7) is 1.88. The molecule has 2 heterocycles. The van der Waals surface area contributed by atoms with Crippen LogP contribution in [0.1, 0.15) is 21.5 Å². The van der Waals surface area contributed by atoms with Crippen molar-refractivity contribution in [3.63, 3.8) is 0 Å². The molecule has 6 nitrogen and oxygen atoms in total. The molecule has 1 amide bonds. The van der Waals surface area contributed by atoms with E-state index in [1.54, 1.807) is 19.1 Å². The molecule has 0 atom stereocenters. The Hall–Kier alpha value is -2.97. The first-order chi connectivity index (χ1) is 12.4. The summed E-state index contributed by atoms with van der Waals surface area (Å²) in [6, 6.07) is 8.70. The van der Waals surface area contributed by atoms with Crippen molar-refractivity contribution < 1.29 is 23.3 Å². The Kier molecular flexibility index (Phi) is 3.86. The number of halogens is 1. The van der Waals surface area contributed by atoms with Crippen molar-refractivity contribution in [2.45, 2.75) is 13.5 Å². The maximum Gasteiger partial charge on any atom is 0.491 e. The van der Waals surface area contributed by atoms with E-state index < -0.39 is 24.5 Å². The summed E-state index contributed by atoms with van der Waals surface area (Å²) >= 11 is 0. The van der Waals surface area contributed by atoms with Gasteiger partial charge in [0.2, 0.25) is 0 Å². The second kappa shape index (κ2) is 6.08. The van der Waals surface area contributed by atoms with E-state index in [1.807, 2.05) is 0 Å². The van der Waals surface area contributed by atoms with Crippen LogP contribution in [0.5, 0.6) is 0 Å². The standard InChI is InChI=1S/C18H13BFNO5/c1-9-4-17(22)26-16-6-11(2-3-12(9)16)21-18(23)13-7-14-10(5-15(13)20)8-25-19(14)24/h2-7,24H,8H2,1H3,(H,21,23). The fourth-order valence-corrected chi connectivity index (χ4v) is 3.02. The number of amides is 1. The highest BCUT2D eigenvalue weighted by molar-refractivity contribution is 6.61. The first-order valence-corrected chi connectivity index (χ1v) is 7.90. The van der Waals surface area contributed by atoms with Gasteiger partial charge >= 0.3 is 12.7 Å². The molecule has 26 heavy (non-hydrogen) atoms. The first kappa shape index (κ1) is 16.5. The first-order valence-electron chi connectivity index (χ1n) is 7.90. The van der Waals surface area contributed by atoms with Crippen LogP contribution >= 0.6 is 0 Å². The van der Waals surface area contributed by atoms with Crippen LogP contribution in [0.3, 0.4) is 0 Å². The van der Waals surface area contributed by atoms with E-state index >= 15 is 0 Å². The molecule has 1 aromatic heterocycles. The summed E-state index contributed by atoms with van der Waals surface area (Å²) in [5.74, 6) is -1.39. The highest BCUT2D eigenvalue weighted by atomic mass is 19.1. The maximum atomic E-state index is 14.2. The average Bonchev–Trinajstić information content (AvgIpc) is 2.93. The average molecular weight is 353 g/mol. The molecule has 0 unspecified atom stereocenters. The largest absolute Gasteiger partial charge is 0.491 e. The highest BCUT2D eigenvalue weighted by Gasteiger charge is 2.30. The van der Waals surface area contributed by atoms with Crippen LogP contribution in [0.25, 0.3) is 11.0 Å². The molecule has 0 spiro atoms. The number of anilines is 1. The summed E-state index contributed by atoms with van der Waals surface area (Å²) in [5.41, 5.74) is 1.62. The molecule has 8 heteroatoms. The summed E-state index contributed by atoms with van der Waals surface area (Å²) in [5, 5.41) is 13.0. The third-order valence-corrected chi connectivity index (χ3v) is 4.35. The van der Waals surface area contributed by atoms with Crippen molar-refractivity contribution >= 4 is 35.1 Å². The van der Waals surface area contributed by atoms with Gasteiger partial charge in [-0.1, -0.05) is 0 Å². The minimum absolute atomic E-state index is 0.0956. The number of hydrogen-bond donors (Lipinski definition) is 2. The van der Waals surface area contributed by atoms with Gasteiger partial charge < -0.3 is 19.4 Å². The zero-order chi connectivity index (χ0) is 18.4. The summed E-state index contributed by atoms with van der Waals surface area (Å²) < 4.78 is 24.4. The molecular formula is C18H13BFNO5. The Morgan fingerprint density at radius 2 is 2.08 bits per heavy atom. The van der Waals surface area contributed by atoms with E-state index in [9.17, 15) is 19.0 Å². The lowest BCUT2D eigenvalue weighted by Crippen LogP contribution is -2.30. The summed E-state index contributed by atoms with van der Waals surface area (Å²) in [6.07, 6.45) is 0. The number of benzene rings is 2. The van der Waals surface area contributed by atoms with Crippen LogP contribution in [0.15, 0.2) is 45.6 Å². The van der Waals surface area contributed by atoms with Crippen molar-refractivity contribution in [3.05, 3.63) is 69.3 Å². The zero-order valence-electron chi connectivity index (χ0n) is 13.7. The number of nitrogens with one attached hydrogen (secondary N) is 1. The molecule has 2 N–H and O–H groups in total. The molecule has 0 bridgehead atoms. The van der Waals surface area contributed by atoms with Gasteiger partial charge in [0, 0.05) is 23.2 Å². The van der Waals surface area contributed by atoms with Gasteiger partial charge in [0.05, 0.1) is 12.2 Å². The molecule has 0 fully saturated rings. The Labute approximate surface area is 147 Å². The normalized spacial score (nSPS) is 13.1. The van der Waals surface area contributed by atoms with Gasteiger partial charge in [0.15, 0.2) is 0 Å². The summed E-state index contributed by atoms with van der Waals surface area (Å²) in [7, 11) is -1.17. The number of hydrogen-bond acceptors (Lipinski definition) is 5.